The Bertz CT molecular complexity index is 382. The summed E-state index contributed by atoms with van der Waals surface area (Å²) in [4.78, 5) is 11.2. The normalized spacial score (nSPS) is 11.4. The van der Waals surface area contributed by atoms with Gasteiger partial charge in [0.15, 0.2) is 11.5 Å². The molecule has 0 radical (unpaired) electrons. The minimum absolute atomic E-state index is 0.0188. The summed E-state index contributed by atoms with van der Waals surface area (Å²) in [6, 6.07) is 0. The van der Waals surface area contributed by atoms with Crippen molar-refractivity contribution in [3.05, 3.63) is 17.5 Å². The zero-order valence-corrected chi connectivity index (χ0v) is 7.76. The summed E-state index contributed by atoms with van der Waals surface area (Å²) in [6.07, 6.45) is 1.46. The molecule has 0 saturated carbocycles. The lowest BCUT2D eigenvalue weighted by Gasteiger charge is -1.97. The summed E-state index contributed by atoms with van der Waals surface area (Å²) in [6.45, 7) is 0. The van der Waals surface area contributed by atoms with E-state index < -0.39 is 5.97 Å². The van der Waals surface area contributed by atoms with E-state index in [1.165, 1.54) is 18.0 Å². The Kier molecular flexibility index (Phi) is 2.70. The second kappa shape index (κ2) is 3.77. The number of aryl methyl sites for hydroxylation is 1. The van der Waals surface area contributed by atoms with Crippen molar-refractivity contribution in [1.82, 2.24) is 9.78 Å². The molecule has 0 aliphatic carbocycles. The van der Waals surface area contributed by atoms with E-state index in [0.29, 0.717) is 0 Å². The van der Waals surface area contributed by atoms with Crippen LogP contribution >= 0.6 is 0 Å². The number of rotatable bonds is 2. The number of hydrogen-bond donors (Lipinski definition) is 2. The number of methoxy groups -OCH3 is 1. The van der Waals surface area contributed by atoms with Crippen molar-refractivity contribution < 1.29 is 14.7 Å². The Morgan fingerprint density at radius 3 is 2.93 bits per heavy atom. The fourth-order valence-corrected chi connectivity index (χ4v) is 0.977. The van der Waals surface area contributed by atoms with Crippen LogP contribution in [0.5, 0.6) is 0 Å². The first-order valence-corrected chi connectivity index (χ1v) is 3.70. The van der Waals surface area contributed by atoms with Gasteiger partial charge in [0.2, 0.25) is 0 Å². The van der Waals surface area contributed by atoms with Crippen LogP contribution in [-0.4, -0.2) is 33.9 Å². The second-order valence-electron chi connectivity index (χ2n) is 2.54. The van der Waals surface area contributed by atoms with Gasteiger partial charge in [-0.3, -0.25) is 4.68 Å². The molecule has 76 valence electrons. The van der Waals surface area contributed by atoms with E-state index in [1.807, 2.05) is 0 Å². The van der Waals surface area contributed by atoms with E-state index in [9.17, 15) is 4.79 Å². The predicted octanol–water partition coefficient (Wildman–Crippen LogP) is -0.699. The Morgan fingerprint density at radius 2 is 2.43 bits per heavy atom. The Balaban J connectivity index is 3.22. The van der Waals surface area contributed by atoms with Gasteiger partial charge in [-0.25, -0.2) is 4.79 Å². The van der Waals surface area contributed by atoms with Gasteiger partial charge in [0.25, 0.3) is 0 Å². The summed E-state index contributed by atoms with van der Waals surface area (Å²) in [5.41, 5.74) is 5.60. The molecule has 0 atom stereocenters. The van der Waals surface area contributed by atoms with Gasteiger partial charge < -0.3 is 15.7 Å². The number of aromatic nitrogens is 2. The molecule has 1 aromatic rings. The molecule has 1 aromatic heterocycles. The molecular formula is C7H10N4O3. The lowest BCUT2D eigenvalue weighted by atomic mass is 10.2. The maximum atomic E-state index is 11.2. The van der Waals surface area contributed by atoms with E-state index in [1.54, 1.807) is 7.05 Å². The predicted molar refractivity (Wildman–Crippen MR) is 47.1 cm³/mol. The molecule has 0 bridgehead atoms. The van der Waals surface area contributed by atoms with Gasteiger partial charge in [-0.2, -0.15) is 5.10 Å². The molecule has 14 heavy (non-hydrogen) atoms. The third kappa shape index (κ3) is 1.65. The highest BCUT2D eigenvalue weighted by Crippen LogP contribution is 2.07. The lowest BCUT2D eigenvalue weighted by Crippen LogP contribution is -2.17. The highest BCUT2D eigenvalue weighted by molar-refractivity contribution is 6.05. The van der Waals surface area contributed by atoms with Crippen molar-refractivity contribution in [2.45, 2.75) is 0 Å². The minimum atomic E-state index is -0.632. The summed E-state index contributed by atoms with van der Waals surface area (Å²) in [5, 5.41) is 15.1. The van der Waals surface area contributed by atoms with Gasteiger partial charge in [0, 0.05) is 13.2 Å². The standard InChI is InChI=1S/C7H10N4O3/c1-11-3-4(6(8)10-13)5(9-11)7(12)14-2/h3,13H,1-2H3,(H2,8,10). The number of ether oxygens (including phenoxy) is 1. The number of carbonyl (C=O) groups excluding carboxylic acids is 1. The Labute approximate surface area is 79.8 Å². The molecule has 7 heteroatoms. The fraction of sp³-hybridized carbons (Fsp3) is 0.286. The van der Waals surface area contributed by atoms with Crippen LogP contribution in [0, 0.1) is 0 Å². The first kappa shape index (κ1) is 10.0. The third-order valence-corrected chi connectivity index (χ3v) is 1.59. The van der Waals surface area contributed by atoms with Crippen LogP contribution in [-0.2, 0) is 11.8 Å². The van der Waals surface area contributed by atoms with Gasteiger partial charge in [0.1, 0.15) is 0 Å². The SMILES string of the molecule is COC(=O)c1nn(C)cc1/C(N)=N\O. The Hall–Kier alpha value is -2.05. The molecule has 0 unspecified atom stereocenters. The second-order valence-corrected chi connectivity index (χ2v) is 2.54. The molecule has 0 saturated heterocycles. The Morgan fingerprint density at radius 1 is 1.79 bits per heavy atom. The van der Waals surface area contributed by atoms with Crippen LogP contribution in [0.1, 0.15) is 16.1 Å². The summed E-state index contributed by atoms with van der Waals surface area (Å²) in [7, 11) is 2.84. The maximum Gasteiger partial charge on any atom is 0.359 e. The number of amidine groups is 1. The summed E-state index contributed by atoms with van der Waals surface area (Å²) < 4.78 is 5.85. The first-order valence-electron chi connectivity index (χ1n) is 3.70. The number of oxime groups is 1. The molecule has 3 N–H and O–H groups in total. The maximum absolute atomic E-state index is 11.2. The van der Waals surface area contributed by atoms with Crippen LogP contribution in [0.2, 0.25) is 0 Å². The van der Waals surface area contributed by atoms with Gasteiger partial charge >= 0.3 is 5.97 Å². The van der Waals surface area contributed by atoms with Gasteiger partial charge in [-0.1, -0.05) is 5.16 Å². The van der Waals surface area contributed by atoms with Crippen LogP contribution in [0.15, 0.2) is 11.4 Å². The van der Waals surface area contributed by atoms with Crippen molar-refractivity contribution in [1.29, 1.82) is 0 Å². The molecule has 0 aromatic carbocycles. The van der Waals surface area contributed by atoms with Gasteiger partial charge in [-0.15, -0.1) is 0 Å². The highest BCUT2D eigenvalue weighted by Gasteiger charge is 2.19. The molecule has 1 rings (SSSR count). The number of carbonyl (C=O) groups is 1. The van der Waals surface area contributed by atoms with Crippen molar-refractivity contribution in [2.24, 2.45) is 17.9 Å². The average Bonchev–Trinajstić information content (AvgIpc) is 2.58. The van der Waals surface area contributed by atoms with E-state index in [-0.39, 0.29) is 17.1 Å². The summed E-state index contributed by atoms with van der Waals surface area (Å²) in [5.74, 6) is -0.814. The van der Waals surface area contributed by atoms with Gasteiger partial charge in [0.05, 0.1) is 12.7 Å². The average molecular weight is 198 g/mol. The van der Waals surface area contributed by atoms with Crippen LogP contribution in [0.3, 0.4) is 0 Å². The first-order chi connectivity index (χ1) is 6.60. The van der Waals surface area contributed by atoms with Crippen LogP contribution in [0.4, 0.5) is 0 Å². The van der Waals surface area contributed by atoms with E-state index >= 15 is 0 Å². The van der Waals surface area contributed by atoms with Crippen LogP contribution in [0.25, 0.3) is 0 Å². The van der Waals surface area contributed by atoms with E-state index in [2.05, 4.69) is 15.0 Å². The zero-order chi connectivity index (χ0) is 10.7. The summed E-state index contributed by atoms with van der Waals surface area (Å²) >= 11 is 0. The molecule has 0 amide bonds. The molecule has 0 aliphatic heterocycles. The molecule has 7 nitrogen and oxygen atoms in total. The van der Waals surface area contributed by atoms with Crippen molar-refractivity contribution in [3.8, 4) is 0 Å². The van der Waals surface area contributed by atoms with Gasteiger partial charge in [-0.05, 0) is 0 Å². The number of nitrogens with zero attached hydrogens (tertiary/aromatic N) is 3. The fourth-order valence-electron chi connectivity index (χ4n) is 0.977. The number of nitrogens with two attached hydrogens (primary N) is 1. The van der Waals surface area contributed by atoms with Crippen molar-refractivity contribution in [2.75, 3.05) is 7.11 Å². The molecule has 0 spiro atoms. The van der Waals surface area contributed by atoms with E-state index in [4.69, 9.17) is 10.9 Å². The molecule has 1 heterocycles. The third-order valence-electron chi connectivity index (χ3n) is 1.59. The minimum Gasteiger partial charge on any atom is -0.464 e. The van der Waals surface area contributed by atoms with E-state index in [0.717, 1.165) is 0 Å². The number of hydrogen-bond acceptors (Lipinski definition) is 5. The molecular weight excluding hydrogens is 188 g/mol. The molecule has 0 aliphatic rings. The lowest BCUT2D eigenvalue weighted by molar-refractivity contribution is 0.0593. The quantitative estimate of drug-likeness (QED) is 0.215. The smallest absolute Gasteiger partial charge is 0.359 e. The van der Waals surface area contributed by atoms with Crippen LogP contribution < -0.4 is 5.73 Å². The zero-order valence-electron chi connectivity index (χ0n) is 7.76. The topological polar surface area (TPSA) is 103 Å². The highest BCUT2D eigenvalue weighted by atomic mass is 16.5. The monoisotopic (exact) mass is 198 g/mol. The molecule has 0 fully saturated rings. The number of esters is 1. The van der Waals surface area contributed by atoms with Crippen molar-refractivity contribution in [3.63, 3.8) is 0 Å². The largest absolute Gasteiger partial charge is 0.464 e. The van der Waals surface area contributed by atoms with Crippen molar-refractivity contribution >= 4 is 11.8 Å².